The summed E-state index contributed by atoms with van der Waals surface area (Å²) in [4.78, 5) is 26.3. The maximum Gasteiger partial charge on any atom is 0.315 e. The summed E-state index contributed by atoms with van der Waals surface area (Å²) >= 11 is 1.59. The van der Waals surface area contributed by atoms with Gasteiger partial charge < -0.3 is 20.3 Å². The minimum Gasteiger partial charge on any atom is -0.497 e. The van der Waals surface area contributed by atoms with Crippen LogP contribution in [0, 0.1) is 5.92 Å². The van der Waals surface area contributed by atoms with Gasteiger partial charge in [0.25, 0.3) is 0 Å². The van der Waals surface area contributed by atoms with Crippen LogP contribution in [0.4, 0.5) is 4.79 Å². The van der Waals surface area contributed by atoms with Gasteiger partial charge >= 0.3 is 6.03 Å². The Morgan fingerprint density at radius 1 is 1.28 bits per heavy atom. The first-order valence-corrected chi connectivity index (χ1v) is 9.58. The first-order chi connectivity index (χ1) is 12.0. The first-order valence-electron chi connectivity index (χ1n) is 8.64. The number of thioether (sulfide) groups is 1. The van der Waals surface area contributed by atoms with E-state index in [1.165, 1.54) is 0 Å². The SMILES string of the molecule is COc1ccc([C@@H](C)N2CC[C@H](SC3NC(=O)NCC3C)C2=O)cc1. The predicted molar refractivity (Wildman–Crippen MR) is 98.6 cm³/mol. The van der Waals surface area contributed by atoms with Gasteiger partial charge in [0, 0.05) is 19.0 Å². The largest absolute Gasteiger partial charge is 0.497 e. The zero-order valence-electron chi connectivity index (χ0n) is 14.8. The molecule has 7 heteroatoms. The lowest BCUT2D eigenvalue weighted by atomic mass is 10.1. The number of rotatable bonds is 5. The van der Waals surface area contributed by atoms with Crippen molar-refractivity contribution in [3.05, 3.63) is 29.8 Å². The monoisotopic (exact) mass is 363 g/mol. The van der Waals surface area contributed by atoms with Crippen molar-refractivity contribution in [3.8, 4) is 5.75 Å². The van der Waals surface area contributed by atoms with Crippen LogP contribution in [-0.4, -0.2) is 47.7 Å². The molecule has 1 aromatic carbocycles. The third-order valence-electron chi connectivity index (χ3n) is 4.94. The van der Waals surface area contributed by atoms with Crippen molar-refractivity contribution < 1.29 is 14.3 Å². The molecule has 0 radical (unpaired) electrons. The highest BCUT2D eigenvalue weighted by Gasteiger charge is 2.38. The number of nitrogens with one attached hydrogen (secondary N) is 2. The highest BCUT2D eigenvalue weighted by molar-refractivity contribution is 8.01. The van der Waals surface area contributed by atoms with Gasteiger partial charge in [0.2, 0.25) is 5.91 Å². The van der Waals surface area contributed by atoms with Crippen LogP contribution in [0.1, 0.15) is 31.9 Å². The number of hydrogen-bond donors (Lipinski definition) is 2. The number of benzene rings is 1. The van der Waals surface area contributed by atoms with Crippen molar-refractivity contribution >= 4 is 23.7 Å². The molecule has 2 fully saturated rings. The topological polar surface area (TPSA) is 70.7 Å². The molecule has 2 heterocycles. The summed E-state index contributed by atoms with van der Waals surface area (Å²) in [6.07, 6.45) is 0.816. The number of methoxy groups -OCH3 is 1. The summed E-state index contributed by atoms with van der Waals surface area (Å²) in [6, 6.07) is 7.74. The molecule has 0 bridgehead atoms. The van der Waals surface area contributed by atoms with Gasteiger partial charge in [0.1, 0.15) is 5.75 Å². The zero-order valence-corrected chi connectivity index (χ0v) is 15.6. The fourth-order valence-electron chi connectivity index (χ4n) is 3.28. The second-order valence-corrected chi connectivity index (χ2v) is 8.00. The zero-order chi connectivity index (χ0) is 18.0. The van der Waals surface area contributed by atoms with Gasteiger partial charge in [-0.25, -0.2) is 4.79 Å². The second-order valence-electron chi connectivity index (χ2n) is 6.65. The Morgan fingerprint density at radius 2 is 2.00 bits per heavy atom. The molecular formula is C18H25N3O3S. The van der Waals surface area contributed by atoms with Crippen LogP contribution in [0.5, 0.6) is 5.75 Å². The second kappa shape index (κ2) is 7.56. The molecule has 1 aromatic rings. The molecule has 0 saturated carbocycles. The lowest BCUT2D eigenvalue weighted by molar-refractivity contribution is -0.129. The van der Waals surface area contributed by atoms with Crippen molar-refractivity contribution in [3.63, 3.8) is 0 Å². The van der Waals surface area contributed by atoms with E-state index in [0.29, 0.717) is 12.5 Å². The van der Waals surface area contributed by atoms with E-state index >= 15 is 0 Å². The number of carbonyl (C=O) groups excluding carboxylic acids is 2. The summed E-state index contributed by atoms with van der Waals surface area (Å²) in [5.41, 5.74) is 1.10. The third kappa shape index (κ3) is 3.86. The third-order valence-corrected chi connectivity index (χ3v) is 6.58. The number of hydrogen-bond acceptors (Lipinski definition) is 4. The minimum atomic E-state index is -0.149. The van der Waals surface area contributed by atoms with Crippen molar-refractivity contribution in [1.29, 1.82) is 0 Å². The van der Waals surface area contributed by atoms with Crippen LogP contribution in [0.25, 0.3) is 0 Å². The summed E-state index contributed by atoms with van der Waals surface area (Å²) in [5, 5.41) is 5.61. The van der Waals surface area contributed by atoms with E-state index in [-0.39, 0.29) is 28.6 Å². The molecule has 0 aliphatic carbocycles. The smallest absolute Gasteiger partial charge is 0.315 e. The van der Waals surface area contributed by atoms with E-state index in [9.17, 15) is 9.59 Å². The standard InChI is InChI=1S/C18H25N3O3S/c1-11-10-19-18(23)20-16(11)25-15-8-9-21(17(15)22)12(2)13-4-6-14(24-3)7-5-13/h4-7,11-12,15-16H,8-10H2,1-3H3,(H2,19,20,23)/t11?,12-,15+,16?/m1/s1. The van der Waals surface area contributed by atoms with Gasteiger partial charge in [-0.05, 0) is 31.0 Å². The van der Waals surface area contributed by atoms with E-state index in [0.717, 1.165) is 24.3 Å². The average molecular weight is 363 g/mol. The number of amides is 3. The molecule has 0 aromatic heterocycles. The van der Waals surface area contributed by atoms with E-state index in [2.05, 4.69) is 24.5 Å². The van der Waals surface area contributed by atoms with Crippen LogP contribution in [0.3, 0.4) is 0 Å². The maximum atomic E-state index is 12.9. The van der Waals surface area contributed by atoms with Crippen LogP contribution >= 0.6 is 11.8 Å². The highest BCUT2D eigenvalue weighted by atomic mass is 32.2. The van der Waals surface area contributed by atoms with Crippen molar-refractivity contribution in [2.24, 2.45) is 5.92 Å². The highest BCUT2D eigenvalue weighted by Crippen LogP contribution is 2.34. The Kier molecular flexibility index (Phi) is 5.42. The van der Waals surface area contributed by atoms with Crippen molar-refractivity contribution in [2.75, 3.05) is 20.2 Å². The van der Waals surface area contributed by atoms with Gasteiger partial charge in [-0.15, -0.1) is 11.8 Å². The van der Waals surface area contributed by atoms with Gasteiger partial charge in [0.15, 0.2) is 0 Å². The lowest BCUT2D eigenvalue weighted by Gasteiger charge is -2.31. The molecular weight excluding hydrogens is 338 g/mol. The normalized spacial score (nSPS) is 27.6. The minimum absolute atomic E-state index is 0.0149. The Balaban J connectivity index is 1.63. The van der Waals surface area contributed by atoms with E-state index < -0.39 is 0 Å². The molecule has 136 valence electrons. The number of carbonyl (C=O) groups is 2. The molecule has 2 aliphatic rings. The molecule has 2 aliphatic heterocycles. The van der Waals surface area contributed by atoms with Gasteiger partial charge in [0.05, 0.1) is 23.8 Å². The molecule has 0 spiro atoms. The van der Waals surface area contributed by atoms with Crippen molar-refractivity contribution in [2.45, 2.75) is 36.9 Å². The van der Waals surface area contributed by atoms with E-state index in [1.54, 1.807) is 18.9 Å². The Labute approximate surface area is 152 Å². The molecule has 2 N–H and O–H groups in total. The summed E-state index contributed by atoms with van der Waals surface area (Å²) in [6.45, 7) is 5.54. The van der Waals surface area contributed by atoms with Gasteiger partial charge in [-0.2, -0.15) is 0 Å². The Morgan fingerprint density at radius 3 is 2.68 bits per heavy atom. The Hall–Kier alpha value is -1.89. The fraction of sp³-hybridized carbons (Fsp3) is 0.556. The van der Waals surface area contributed by atoms with Gasteiger partial charge in [-0.1, -0.05) is 19.1 Å². The molecule has 25 heavy (non-hydrogen) atoms. The molecule has 6 nitrogen and oxygen atoms in total. The molecule has 3 amide bonds. The quantitative estimate of drug-likeness (QED) is 0.843. The molecule has 2 unspecified atom stereocenters. The fourth-order valence-corrected chi connectivity index (χ4v) is 4.66. The maximum absolute atomic E-state index is 12.9. The van der Waals surface area contributed by atoms with Crippen LogP contribution < -0.4 is 15.4 Å². The van der Waals surface area contributed by atoms with Gasteiger partial charge in [-0.3, -0.25) is 4.79 Å². The molecule has 3 rings (SSSR count). The molecule has 4 atom stereocenters. The van der Waals surface area contributed by atoms with E-state index in [1.807, 2.05) is 29.2 Å². The Bertz CT molecular complexity index is 637. The first kappa shape index (κ1) is 17.9. The van der Waals surface area contributed by atoms with Crippen LogP contribution in [-0.2, 0) is 4.79 Å². The van der Waals surface area contributed by atoms with Crippen LogP contribution in [0.2, 0.25) is 0 Å². The van der Waals surface area contributed by atoms with E-state index in [4.69, 9.17) is 4.74 Å². The summed E-state index contributed by atoms with van der Waals surface area (Å²) in [5.74, 6) is 1.27. The van der Waals surface area contributed by atoms with Crippen LogP contribution in [0.15, 0.2) is 24.3 Å². The number of likely N-dealkylation sites (tertiary alicyclic amines) is 1. The lowest BCUT2D eigenvalue weighted by Crippen LogP contribution is -2.53. The average Bonchev–Trinajstić information content (AvgIpc) is 2.98. The number of nitrogens with zero attached hydrogens (tertiary/aromatic N) is 1. The number of urea groups is 1. The predicted octanol–water partition coefficient (Wildman–Crippen LogP) is 2.37. The summed E-state index contributed by atoms with van der Waals surface area (Å²) in [7, 11) is 1.64. The van der Waals surface area contributed by atoms with Crippen molar-refractivity contribution in [1.82, 2.24) is 15.5 Å². The number of ether oxygens (including phenoxy) is 1. The molecule has 2 saturated heterocycles. The summed E-state index contributed by atoms with van der Waals surface area (Å²) < 4.78 is 5.19.